The Morgan fingerprint density at radius 1 is 1.25 bits per heavy atom. The zero-order chi connectivity index (χ0) is 14.1. The number of primary amides is 1. The van der Waals surface area contributed by atoms with Crippen LogP contribution in [0.15, 0.2) is 30.5 Å². The van der Waals surface area contributed by atoms with Crippen molar-refractivity contribution in [3.05, 3.63) is 30.5 Å². The van der Waals surface area contributed by atoms with Crippen molar-refractivity contribution in [1.82, 2.24) is 9.47 Å². The lowest BCUT2D eigenvalue weighted by Crippen LogP contribution is -2.39. The molecule has 5 nitrogen and oxygen atoms in total. The molecule has 2 aromatic rings. The Labute approximate surface area is 118 Å². The van der Waals surface area contributed by atoms with E-state index in [1.54, 1.807) is 0 Å². The molecule has 0 spiro atoms. The van der Waals surface area contributed by atoms with Crippen LogP contribution in [0.4, 0.5) is 5.69 Å². The van der Waals surface area contributed by atoms with Crippen LogP contribution in [-0.4, -0.2) is 35.0 Å². The fourth-order valence-electron chi connectivity index (χ4n) is 3.06. The molecule has 106 valence electrons. The summed E-state index contributed by atoms with van der Waals surface area (Å²) in [7, 11) is 0. The summed E-state index contributed by atoms with van der Waals surface area (Å²) in [5, 5.41) is 1.22. The molecule has 0 aliphatic carbocycles. The SMILES string of the molecule is NC(=O)CN1CCC(n2ccc3ccc(N)cc32)CC1. The number of nitrogen functional groups attached to an aromatic ring is 1. The van der Waals surface area contributed by atoms with Crippen LogP contribution in [0.25, 0.3) is 10.9 Å². The van der Waals surface area contributed by atoms with Gasteiger partial charge in [0.25, 0.3) is 0 Å². The number of rotatable bonds is 3. The maximum absolute atomic E-state index is 11.0. The fourth-order valence-corrected chi connectivity index (χ4v) is 3.06. The van der Waals surface area contributed by atoms with Gasteiger partial charge in [-0.2, -0.15) is 0 Å². The van der Waals surface area contributed by atoms with Crippen LogP contribution in [0.5, 0.6) is 0 Å². The van der Waals surface area contributed by atoms with E-state index in [-0.39, 0.29) is 5.91 Å². The van der Waals surface area contributed by atoms with E-state index in [9.17, 15) is 4.79 Å². The van der Waals surface area contributed by atoms with Crippen LogP contribution in [0.3, 0.4) is 0 Å². The van der Waals surface area contributed by atoms with Crippen molar-refractivity contribution in [3.8, 4) is 0 Å². The maximum Gasteiger partial charge on any atom is 0.231 e. The van der Waals surface area contributed by atoms with Crippen molar-refractivity contribution in [2.75, 3.05) is 25.4 Å². The largest absolute Gasteiger partial charge is 0.399 e. The zero-order valence-electron chi connectivity index (χ0n) is 11.5. The van der Waals surface area contributed by atoms with Crippen molar-refractivity contribution in [1.29, 1.82) is 0 Å². The van der Waals surface area contributed by atoms with E-state index < -0.39 is 0 Å². The molecule has 0 bridgehead atoms. The molecule has 3 rings (SSSR count). The number of carbonyl (C=O) groups excluding carboxylic acids is 1. The monoisotopic (exact) mass is 272 g/mol. The zero-order valence-corrected chi connectivity index (χ0v) is 11.5. The van der Waals surface area contributed by atoms with Crippen molar-refractivity contribution >= 4 is 22.5 Å². The van der Waals surface area contributed by atoms with Crippen LogP contribution >= 0.6 is 0 Å². The maximum atomic E-state index is 11.0. The molecule has 0 saturated carbocycles. The number of hydrogen-bond donors (Lipinski definition) is 2. The Morgan fingerprint density at radius 3 is 2.70 bits per heavy atom. The van der Waals surface area contributed by atoms with Gasteiger partial charge in [0.05, 0.1) is 12.1 Å². The van der Waals surface area contributed by atoms with Gasteiger partial charge in [-0.1, -0.05) is 6.07 Å². The fraction of sp³-hybridized carbons (Fsp3) is 0.400. The first-order valence-corrected chi connectivity index (χ1v) is 7.00. The van der Waals surface area contributed by atoms with Crippen LogP contribution in [0.1, 0.15) is 18.9 Å². The first-order chi connectivity index (χ1) is 9.63. The van der Waals surface area contributed by atoms with Gasteiger partial charge < -0.3 is 16.0 Å². The van der Waals surface area contributed by atoms with Gasteiger partial charge in [0.2, 0.25) is 5.91 Å². The highest BCUT2D eigenvalue weighted by atomic mass is 16.1. The predicted octanol–water partition coefficient (Wildman–Crippen LogP) is 1.35. The van der Waals surface area contributed by atoms with Gasteiger partial charge in [-0.05, 0) is 36.4 Å². The minimum absolute atomic E-state index is 0.248. The molecule has 1 aromatic carbocycles. The third kappa shape index (κ3) is 2.49. The summed E-state index contributed by atoms with van der Waals surface area (Å²) in [5.41, 5.74) is 13.1. The molecule has 1 aliphatic rings. The van der Waals surface area contributed by atoms with Gasteiger partial charge in [-0.15, -0.1) is 0 Å². The Bertz CT molecular complexity index is 626. The van der Waals surface area contributed by atoms with Crippen LogP contribution < -0.4 is 11.5 Å². The second kappa shape index (κ2) is 5.17. The lowest BCUT2D eigenvalue weighted by Gasteiger charge is -2.32. The van der Waals surface area contributed by atoms with Crippen molar-refractivity contribution in [3.63, 3.8) is 0 Å². The Hall–Kier alpha value is -2.01. The van der Waals surface area contributed by atoms with E-state index in [1.165, 1.54) is 10.9 Å². The highest BCUT2D eigenvalue weighted by Gasteiger charge is 2.22. The highest BCUT2D eigenvalue weighted by Crippen LogP contribution is 2.28. The second-order valence-corrected chi connectivity index (χ2v) is 5.51. The number of likely N-dealkylation sites (tertiary alicyclic amines) is 1. The first kappa shape index (κ1) is 13.0. The van der Waals surface area contributed by atoms with E-state index >= 15 is 0 Å². The van der Waals surface area contributed by atoms with Crippen molar-refractivity contribution < 1.29 is 4.79 Å². The van der Waals surface area contributed by atoms with E-state index in [4.69, 9.17) is 11.5 Å². The Balaban J connectivity index is 1.76. The van der Waals surface area contributed by atoms with Crippen molar-refractivity contribution in [2.24, 2.45) is 5.73 Å². The number of benzene rings is 1. The van der Waals surface area contributed by atoms with Gasteiger partial charge in [-0.25, -0.2) is 0 Å². The average molecular weight is 272 g/mol. The number of aromatic nitrogens is 1. The normalized spacial score (nSPS) is 17.6. The lowest BCUT2D eigenvalue weighted by molar-refractivity contribution is -0.119. The predicted molar refractivity (Wildman–Crippen MR) is 80.3 cm³/mol. The first-order valence-electron chi connectivity index (χ1n) is 7.00. The van der Waals surface area contributed by atoms with Gasteiger partial charge >= 0.3 is 0 Å². The smallest absolute Gasteiger partial charge is 0.231 e. The number of nitrogens with zero attached hydrogens (tertiary/aromatic N) is 2. The second-order valence-electron chi connectivity index (χ2n) is 5.51. The number of carbonyl (C=O) groups is 1. The standard InChI is InChI=1S/C15H20N4O/c16-12-2-1-11-3-8-19(14(11)9-12)13-4-6-18(7-5-13)10-15(17)20/h1-3,8-9,13H,4-7,10,16H2,(H2,17,20). The number of fused-ring (bicyclic) bond motifs is 1. The summed E-state index contributed by atoms with van der Waals surface area (Å²) in [6.45, 7) is 2.19. The third-order valence-corrected chi connectivity index (χ3v) is 4.08. The molecule has 1 fully saturated rings. The quantitative estimate of drug-likeness (QED) is 0.828. The minimum atomic E-state index is -0.248. The minimum Gasteiger partial charge on any atom is -0.399 e. The molecule has 0 atom stereocenters. The Kier molecular flexibility index (Phi) is 3.36. The summed E-state index contributed by atoms with van der Waals surface area (Å²) in [6.07, 6.45) is 4.20. The van der Waals surface area contributed by atoms with Gasteiger partial charge in [0.15, 0.2) is 0 Å². The molecule has 0 radical (unpaired) electrons. The number of nitrogens with two attached hydrogens (primary N) is 2. The van der Waals surface area contributed by atoms with Crippen LogP contribution in [0, 0.1) is 0 Å². The summed E-state index contributed by atoms with van der Waals surface area (Å²) in [5.74, 6) is -0.248. The molecule has 2 heterocycles. The number of piperidine rings is 1. The lowest BCUT2D eigenvalue weighted by atomic mass is 10.0. The topological polar surface area (TPSA) is 77.3 Å². The van der Waals surface area contributed by atoms with E-state index in [0.717, 1.165) is 31.6 Å². The van der Waals surface area contributed by atoms with Gasteiger partial charge in [0.1, 0.15) is 0 Å². The summed E-state index contributed by atoms with van der Waals surface area (Å²) in [6, 6.07) is 8.62. The van der Waals surface area contributed by atoms with Gasteiger partial charge in [-0.3, -0.25) is 9.69 Å². The molecular weight excluding hydrogens is 252 g/mol. The van der Waals surface area contributed by atoms with E-state index in [1.807, 2.05) is 12.1 Å². The van der Waals surface area contributed by atoms with E-state index in [0.29, 0.717) is 12.6 Å². The molecule has 1 saturated heterocycles. The number of anilines is 1. The van der Waals surface area contributed by atoms with Crippen LogP contribution in [-0.2, 0) is 4.79 Å². The van der Waals surface area contributed by atoms with Gasteiger partial charge in [0, 0.05) is 31.0 Å². The summed E-state index contributed by atoms with van der Waals surface area (Å²) < 4.78 is 2.31. The van der Waals surface area contributed by atoms with Crippen LogP contribution in [0.2, 0.25) is 0 Å². The molecule has 5 heteroatoms. The Morgan fingerprint density at radius 2 is 2.00 bits per heavy atom. The molecule has 0 unspecified atom stereocenters. The highest BCUT2D eigenvalue weighted by molar-refractivity contribution is 5.83. The molecular formula is C15H20N4O. The molecule has 20 heavy (non-hydrogen) atoms. The van der Waals surface area contributed by atoms with Crippen molar-refractivity contribution in [2.45, 2.75) is 18.9 Å². The average Bonchev–Trinajstić information content (AvgIpc) is 2.82. The molecule has 1 aliphatic heterocycles. The third-order valence-electron chi connectivity index (χ3n) is 4.08. The summed E-state index contributed by atoms with van der Waals surface area (Å²) >= 11 is 0. The molecule has 4 N–H and O–H groups in total. The number of amides is 1. The number of hydrogen-bond acceptors (Lipinski definition) is 3. The summed E-state index contributed by atoms with van der Waals surface area (Å²) in [4.78, 5) is 13.1. The molecule has 1 aromatic heterocycles. The molecule has 1 amide bonds. The van der Waals surface area contributed by atoms with E-state index in [2.05, 4.69) is 27.8 Å².